The molecule has 0 spiro atoms. The molecule has 0 amide bonds. The predicted molar refractivity (Wildman–Crippen MR) is 51.4 cm³/mol. The maximum absolute atomic E-state index is 12.5. The molecule has 0 aliphatic carbocycles. The molecule has 1 rings (SSSR count). The van der Waals surface area contributed by atoms with E-state index in [1.165, 1.54) is 0 Å². The van der Waals surface area contributed by atoms with Crippen LogP contribution in [0.5, 0.6) is 0 Å². The highest BCUT2D eigenvalue weighted by atomic mass is 35.5. The predicted octanol–water partition coefficient (Wildman–Crippen LogP) is 4.50. The first-order chi connectivity index (χ1) is 7.64. The number of hydrogen-bond acceptors (Lipinski definition) is 1. The number of benzene rings is 1. The van der Waals surface area contributed by atoms with E-state index in [0.717, 1.165) is 6.92 Å². The lowest BCUT2D eigenvalue weighted by atomic mass is 10.0. The van der Waals surface area contributed by atoms with E-state index in [0.29, 0.717) is 6.07 Å². The zero-order chi connectivity index (χ0) is 13.4. The third-order valence-electron chi connectivity index (χ3n) is 2.06. The zero-order valence-electron chi connectivity index (χ0n) is 8.41. The number of halogens is 6. The molecule has 0 saturated heterocycles. The van der Waals surface area contributed by atoms with E-state index >= 15 is 0 Å². The lowest BCUT2D eigenvalue weighted by molar-refractivity contribution is -0.137. The summed E-state index contributed by atoms with van der Waals surface area (Å²) in [6, 6.07) is 0.831. The number of carbonyl (C=O) groups excluding carboxylic acids is 1. The lowest BCUT2D eigenvalue weighted by Gasteiger charge is -2.13. The summed E-state index contributed by atoms with van der Waals surface area (Å²) in [7, 11) is 0. The summed E-state index contributed by atoms with van der Waals surface area (Å²) in [5, 5.41) is -0.771. The van der Waals surface area contributed by atoms with Gasteiger partial charge in [-0.2, -0.15) is 13.2 Å². The van der Waals surface area contributed by atoms with Gasteiger partial charge in [0.05, 0.1) is 10.6 Å². The molecule has 0 fully saturated rings. The van der Waals surface area contributed by atoms with Crippen LogP contribution in [-0.4, -0.2) is 5.78 Å². The van der Waals surface area contributed by atoms with E-state index in [1.54, 1.807) is 0 Å². The molecule has 94 valence electrons. The monoisotopic (exact) mass is 272 g/mol. The van der Waals surface area contributed by atoms with Crippen molar-refractivity contribution in [2.75, 3.05) is 0 Å². The molecule has 1 nitrogen and oxygen atoms in total. The largest absolute Gasteiger partial charge is 0.417 e. The Kier molecular flexibility index (Phi) is 3.76. The highest BCUT2D eigenvalue weighted by molar-refractivity contribution is 6.31. The normalized spacial score (nSPS) is 12.0. The van der Waals surface area contributed by atoms with Crippen LogP contribution in [0.1, 0.15) is 34.8 Å². The minimum Gasteiger partial charge on any atom is -0.294 e. The first-order valence-electron chi connectivity index (χ1n) is 4.34. The smallest absolute Gasteiger partial charge is 0.294 e. The summed E-state index contributed by atoms with van der Waals surface area (Å²) in [4.78, 5) is 11.0. The summed E-state index contributed by atoms with van der Waals surface area (Å²) in [6.45, 7) is 0.977. The maximum atomic E-state index is 12.5. The minimum atomic E-state index is -4.84. The fraction of sp³-hybridized carbons (Fsp3) is 0.300. The van der Waals surface area contributed by atoms with Crippen LogP contribution in [-0.2, 0) is 6.18 Å². The Morgan fingerprint density at radius 1 is 1.29 bits per heavy atom. The van der Waals surface area contributed by atoms with Crippen molar-refractivity contribution >= 4 is 17.4 Å². The number of ketones is 1. The number of rotatable bonds is 2. The number of Topliss-reactive ketones (excluding diaryl/α,β-unsaturated/α-hetero) is 1. The van der Waals surface area contributed by atoms with E-state index in [4.69, 9.17) is 11.6 Å². The van der Waals surface area contributed by atoms with Crippen molar-refractivity contribution in [1.82, 2.24) is 0 Å². The van der Waals surface area contributed by atoms with Gasteiger partial charge in [-0.3, -0.25) is 4.79 Å². The molecule has 1 aromatic carbocycles. The first kappa shape index (κ1) is 13.9. The second-order valence-electron chi connectivity index (χ2n) is 3.27. The van der Waals surface area contributed by atoms with Gasteiger partial charge in [-0.05, 0) is 19.1 Å². The van der Waals surface area contributed by atoms with Crippen LogP contribution in [0.25, 0.3) is 0 Å². The van der Waals surface area contributed by atoms with Crippen LogP contribution < -0.4 is 0 Å². The quantitative estimate of drug-likeness (QED) is 0.572. The Morgan fingerprint density at radius 2 is 1.82 bits per heavy atom. The fourth-order valence-electron chi connectivity index (χ4n) is 1.29. The van der Waals surface area contributed by atoms with Gasteiger partial charge in [-0.1, -0.05) is 11.6 Å². The molecule has 0 heterocycles. The van der Waals surface area contributed by atoms with Gasteiger partial charge in [0.1, 0.15) is 0 Å². The van der Waals surface area contributed by atoms with Gasteiger partial charge in [-0.15, -0.1) is 0 Å². The average Bonchev–Trinajstić information content (AvgIpc) is 2.14. The SMILES string of the molecule is CC(=O)c1cc(Cl)c(C(F)(F)F)cc1C(F)F. The topological polar surface area (TPSA) is 17.1 Å². The highest BCUT2D eigenvalue weighted by Gasteiger charge is 2.35. The molecule has 0 unspecified atom stereocenters. The molecule has 0 radical (unpaired) electrons. The van der Waals surface area contributed by atoms with E-state index in [1.807, 2.05) is 0 Å². The molecule has 0 aliphatic heterocycles. The van der Waals surface area contributed by atoms with Gasteiger partial charge < -0.3 is 0 Å². The van der Waals surface area contributed by atoms with Gasteiger partial charge in [0.15, 0.2) is 5.78 Å². The van der Waals surface area contributed by atoms with Gasteiger partial charge in [-0.25, -0.2) is 8.78 Å². The Balaban J connectivity index is 3.51. The molecule has 17 heavy (non-hydrogen) atoms. The molecule has 0 aromatic heterocycles. The molecular formula is C10H6ClF5O. The molecule has 1 aromatic rings. The van der Waals surface area contributed by atoms with Crippen molar-refractivity contribution in [3.05, 3.63) is 33.8 Å². The van der Waals surface area contributed by atoms with E-state index in [9.17, 15) is 26.7 Å². The molecule has 0 bridgehead atoms. The van der Waals surface area contributed by atoms with Gasteiger partial charge >= 0.3 is 6.18 Å². The summed E-state index contributed by atoms with van der Waals surface area (Å²) in [5.41, 5.74) is -2.84. The third-order valence-corrected chi connectivity index (χ3v) is 2.37. The van der Waals surface area contributed by atoms with E-state index < -0.39 is 40.1 Å². The molecule has 0 atom stereocenters. The Bertz CT molecular complexity index is 453. The Morgan fingerprint density at radius 3 is 2.18 bits per heavy atom. The number of carbonyl (C=O) groups is 1. The van der Waals surface area contributed by atoms with Crippen LogP contribution in [0.2, 0.25) is 5.02 Å². The summed E-state index contributed by atoms with van der Waals surface area (Å²) in [5.74, 6) is -0.768. The molecule has 0 N–H and O–H groups in total. The number of alkyl halides is 5. The summed E-state index contributed by atoms with van der Waals surface area (Å²) in [6.07, 6.45) is -8.01. The van der Waals surface area contributed by atoms with Gasteiger partial charge in [0, 0.05) is 11.1 Å². The average molecular weight is 273 g/mol. The molecular weight excluding hydrogens is 267 g/mol. The van der Waals surface area contributed by atoms with Crippen molar-refractivity contribution < 1.29 is 26.7 Å². The van der Waals surface area contributed by atoms with Crippen LogP contribution in [0.4, 0.5) is 22.0 Å². The van der Waals surface area contributed by atoms with Crippen molar-refractivity contribution in [3.8, 4) is 0 Å². The Labute approximate surface area is 98.2 Å². The molecule has 0 aliphatic rings. The molecule has 7 heteroatoms. The van der Waals surface area contributed by atoms with Crippen LogP contribution >= 0.6 is 11.6 Å². The van der Waals surface area contributed by atoms with Gasteiger partial charge in [0.25, 0.3) is 6.43 Å². The standard InChI is InChI=1S/C10H6ClF5O/c1-4(17)5-3-8(11)7(10(14,15)16)2-6(5)9(12)13/h2-3,9H,1H3. The lowest BCUT2D eigenvalue weighted by Crippen LogP contribution is -2.10. The van der Waals surface area contributed by atoms with Gasteiger partial charge in [0.2, 0.25) is 0 Å². The van der Waals surface area contributed by atoms with Crippen LogP contribution in [0.15, 0.2) is 12.1 Å². The van der Waals surface area contributed by atoms with E-state index in [-0.39, 0.29) is 6.07 Å². The summed E-state index contributed by atoms with van der Waals surface area (Å²) >= 11 is 5.32. The minimum absolute atomic E-state index is 0.212. The second kappa shape index (κ2) is 4.60. The summed E-state index contributed by atoms with van der Waals surface area (Å²) < 4.78 is 62.3. The fourth-order valence-corrected chi connectivity index (χ4v) is 1.56. The van der Waals surface area contributed by atoms with Crippen molar-refractivity contribution in [2.45, 2.75) is 19.5 Å². The second-order valence-corrected chi connectivity index (χ2v) is 3.68. The zero-order valence-corrected chi connectivity index (χ0v) is 9.16. The van der Waals surface area contributed by atoms with Crippen LogP contribution in [0.3, 0.4) is 0 Å². The van der Waals surface area contributed by atoms with Crippen molar-refractivity contribution in [2.24, 2.45) is 0 Å². The highest BCUT2D eigenvalue weighted by Crippen LogP contribution is 2.38. The van der Waals surface area contributed by atoms with E-state index in [2.05, 4.69) is 0 Å². The maximum Gasteiger partial charge on any atom is 0.417 e. The van der Waals surface area contributed by atoms with Crippen LogP contribution in [0, 0.1) is 0 Å². The van der Waals surface area contributed by atoms with Crippen molar-refractivity contribution in [1.29, 1.82) is 0 Å². The Hall–Kier alpha value is -1.17. The molecule has 0 saturated carbocycles. The first-order valence-corrected chi connectivity index (χ1v) is 4.72. The number of hydrogen-bond donors (Lipinski definition) is 0. The van der Waals surface area contributed by atoms with Crippen molar-refractivity contribution in [3.63, 3.8) is 0 Å². The third kappa shape index (κ3) is 2.94.